The Labute approximate surface area is 148 Å². The maximum absolute atomic E-state index is 12.6. The molecule has 1 heterocycles. The van der Waals surface area contributed by atoms with Gasteiger partial charge in [-0.15, -0.1) is 0 Å². The summed E-state index contributed by atoms with van der Waals surface area (Å²) in [5.74, 6) is -0.875. The van der Waals surface area contributed by atoms with Crippen LogP contribution in [0.25, 0.3) is 5.69 Å². The summed E-state index contributed by atoms with van der Waals surface area (Å²) >= 11 is 0. The Morgan fingerprint density at radius 1 is 1.16 bits per heavy atom. The number of benzene rings is 1. The minimum absolute atomic E-state index is 0.327. The van der Waals surface area contributed by atoms with Crippen molar-refractivity contribution in [3.8, 4) is 5.69 Å². The average molecular weight is 343 g/mol. The molecular formula is C19H25N3O3. The third kappa shape index (κ3) is 4.47. The average Bonchev–Trinajstić information content (AvgIpc) is 2.81. The van der Waals surface area contributed by atoms with Gasteiger partial charge in [0.25, 0.3) is 5.91 Å². The molecule has 0 fully saturated rings. The molecule has 2 rings (SSSR count). The first-order valence-corrected chi connectivity index (χ1v) is 8.25. The zero-order chi connectivity index (χ0) is 18.8. The van der Waals surface area contributed by atoms with Crippen LogP contribution in [0, 0.1) is 13.8 Å². The van der Waals surface area contributed by atoms with Gasteiger partial charge in [0.05, 0.1) is 17.1 Å². The molecule has 6 heteroatoms. The molecule has 1 amide bonds. The van der Waals surface area contributed by atoms with E-state index in [1.807, 2.05) is 58.0 Å². The Morgan fingerprint density at radius 3 is 2.32 bits per heavy atom. The van der Waals surface area contributed by atoms with Gasteiger partial charge in [-0.3, -0.25) is 4.79 Å². The van der Waals surface area contributed by atoms with E-state index in [-0.39, 0.29) is 11.4 Å². The summed E-state index contributed by atoms with van der Waals surface area (Å²) in [6.07, 6.45) is -0.884. The molecule has 0 bridgehead atoms. The fraction of sp³-hybridized carbons (Fsp3) is 0.421. The molecule has 25 heavy (non-hydrogen) atoms. The van der Waals surface area contributed by atoms with Gasteiger partial charge in [0.1, 0.15) is 5.56 Å². The summed E-state index contributed by atoms with van der Waals surface area (Å²) in [6, 6.07) is 9.55. The number of aryl methyl sites for hydroxylation is 1. The third-order valence-corrected chi connectivity index (χ3v) is 3.65. The Kier molecular flexibility index (Phi) is 5.30. The van der Waals surface area contributed by atoms with Crippen LogP contribution < -0.4 is 5.32 Å². The number of rotatable bonds is 4. The molecule has 0 aliphatic heterocycles. The highest BCUT2D eigenvalue weighted by Crippen LogP contribution is 2.19. The standard InChI is InChI=1S/C19H25N3O3/c1-12-16(13(2)22(21-12)15-10-8-7-9-11-15)18(24)25-14(3)17(23)20-19(4,5)6/h7-11,14H,1-6H3,(H,20,23). The van der Waals surface area contributed by atoms with Gasteiger partial charge in [-0.1, -0.05) is 18.2 Å². The number of para-hydroxylation sites is 1. The van der Waals surface area contributed by atoms with E-state index in [1.165, 1.54) is 0 Å². The topological polar surface area (TPSA) is 73.2 Å². The largest absolute Gasteiger partial charge is 0.449 e. The number of amides is 1. The minimum atomic E-state index is -0.884. The molecule has 134 valence electrons. The molecule has 0 saturated carbocycles. The number of carbonyl (C=O) groups is 2. The molecule has 0 aliphatic carbocycles. The number of carbonyl (C=O) groups excluding carboxylic acids is 2. The van der Waals surface area contributed by atoms with E-state index in [0.717, 1.165) is 5.69 Å². The molecule has 1 N–H and O–H groups in total. The minimum Gasteiger partial charge on any atom is -0.449 e. The van der Waals surface area contributed by atoms with E-state index in [4.69, 9.17) is 4.74 Å². The Bertz CT molecular complexity index is 773. The van der Waals surface area contributed by atoms with Crippen molar-refractivity contribution in [1.29, 1.82) is 0 Å². The van der Waals surface area contributed by atoms with Crippen LogP contribution in [0.15, 0.2) is 30.3 Å². The van der Waals surface area contributed by atoms with Gasteiger partial charge in [0, 0.05) is 5.54 Å². The molecule has 0 radical (unpaired) electrons. The van der Waals surface area contributed by atoms with Crippen LogP contribution >= 0.6 is 0 Å². The monoisotopic (exact) mass is 343 g/mol. The van der Waals surface area contributed by atoms with E-state index in [9.17, 15) is 9.59 Å². The van der Waals surface area contributed by atoms with Crippen molar-refractivity contribution < 1.29 is 14.3 Å². The number of nitrogens with zero attached hydrogens (tertiary/aromatic N) is 2. The molecular weight excluding hydrogens is 318 g/mol. The van der Waals surface area contributed by atoms with Crippen LogP contribution in [0.5, 0.6) is 0 Å². The maximum Gasteiger partial charge on any atom is 0.342 e. The van der Waals surface area contributed by atoms with E-state index in [0.29, 0.717) is 17.0 Å². The van der Waals surface area contributed by atoms with E-state index < -0.39 is 12.1 Å². The summed E-state index contributed by atoms with van der Waals surface area (Å²) in [7, 11) is 0. The first-order chi connectivity index (χ1) is 11.6. The highest BCUT2D eigenvalue weighted by atomic mass is 16.5. The van der Waals surface area contributed by atoms with E-state index >= 15 is 0 Å². The zero-order valence-corrected chi connectivity index (χ0v) is 15.6. The third-order valence-electron chi connectivity index (χ3n) is 3.65. The van der Waals surface area contributed by atoms with Crippen molar-refractivity contribution in [3.05, 3.63) is 47.3 Å². The molecule has 0 spiro atoms. The quantitative estimate of drug-likeness (QED) is 0.866. The highest BCUT2D eigenvalue weighted by Gasteiger charge is 2.26. The van der Waals surface area contributed by atoms with Gasteiger partial charge in [-0.25, -0.2) is 9.48 Å². The van der Waals surface area contributed by atoms with E-state index in [2.05, 4.69) is 10.4 Å². The van der Waals surface area contributed by atoms with Crippen molar-refractivity contribution in [2.24, 2.45) is 0 Å². The molecule has 0 saturated heterocycles. The van der Waals surface area contributed by atoms with Gasteiger partial charge in [-0.05, 0) is 53.7 Å². The predicted molar refractivity (Wildman–Crippen MR) is 95.8 cm³/mol. The second kappa shape index (κ2) is 7.09. The van der Waals surface area contributed by atoms with Crippen LogP contribution in [0.1, 0.15) is 49.4 Å². The van der Waals surface area contributed by atoms with Crippen molar-refractivity contribution in [2.75, 3.05) is 0 Å². The van der Waals surface area contributed by atoms with E-state index in [1.54, 1.807) is 18.5 Å². The number of nitrogens with one attached hydrogen (secondary N) is 1. The molecule has 1 aromatic carbocycles. The molecule has 6 nitrogen and oxygen atoms in total. The number of hydrogen-bond acceptors (Lipinski definition) is 4. The summed E-state index contributed by atoms with van der Waals surface area (Å²) in [6.45, 7) is 10.7. The van der Waals surface area contributed by atoms with Crippen LogP contribution in [0.4, 0.5) is 0 Å². The molecule has 1 unspecified atom stereocenters. The van der Waals surface area contributed by atoms with Gasteiger partial charge in [0.2, 0.25) is 0 Å². The molecule has 2 aromatic rings. The first-order valence-electron chi connectivity index (χ1n) is 8.25. The number of esters is 1. The summed E-state index contributed by atoms with van der Waals surface area (Å²) in [4.78, 5) is 24.7. The van der Waals surface area contributed by atoms with Crippen molar-refractivity contribution in [2.45, 2.75) is 53.2 Å². The lowest BCUT2D eigenvalue weighted by atomic mass is 10.1. The lowest BCUT2D eigenvalue weighted by Gasteiger charge is -2.23. The van der Waals surface area contributed by atoms with Crippen molar-refractivity contribution in [1.82, 2.24) is 15.1 Å². The number of hydrogen-bond donors (Lipinski definition) is 1. The van der Waals surface area contributed by atoms with Gasteiger partial charge < -0.3 is 10.1 Å². The second-order valence-corrected chi connectivity index (χ2v) is 7.08. The zero-order valence-electron chi connectivity index (χ0n) is 15.6. The SMILES string of the molecule is Cc1nn(-c2ccccc2)c(C)c1C(=O)OC(C)C(=O)NC(C)(C)C. The Morgan fingerprint density at radius 2 is 1.76 bits per heavy atom. The lowest BCUT2D eigenvalue weighted by molar-refractivity contribution is -0.130. The first kappa shape index (κ1) is 18.7. The maximum atomic E-state index is 12.6. The van der Waals surface area contributed by atoms with Crippen LogP contribution in [0.3, 0.4) is 0 Å². The van der Waals surface area contributed by atoms with Crippen LogP contribution in [-0.2, 0) is 9.53 Å². The van der Waals surface area contributed by atoms with Crippen molar-refractivity contribution >= 4 is 11.9 Å². The fourth-order valence-corrected chi connectivity index (χ4v) is 2.50. The number of aromatic nitrogens is 2. The fourth-order valence-electron chi connectivity index (χ4n) is 2.50. The Hall–Kier alpha value is -2.63. The normalized spacial score (nSPS) is 12.6. The summed E-state index contributed by atoms with van der Waals surface area (Å²) in [5.41, 5.74) is 2.11. The summed E-state index contributed by atoms with van der Waals surface area (Å²) in [5, 5.41) is 7.23. The molecule has 1 atom stereocenters. The molecule has 0 aliphatic rings. The van der Waals surface area contributed by atoms with Gasteiger partial charge >= 0.3 is 5.97 Å². The van der Waals surface area contributed by atoms with Crippen molar-refractivity contribution in [3.63, 3.8) is 0 Å². The smallest absolute Gasteiger partial charge is 0.342 e. The molecule has 1 aromatic heterocycles. The van der Waals surface area contributed by atoms with Gasteiger partial charge in [0.15, 0.2) is 6.10 Å². The highest BCUT2D eigenvalue weighted by molar-refractivity contribution is 5.94. The van der Waals surface area contributed by atoms with Gasteiger partial charge in [-0.2, -0.15) is 5.10 Å². The van der Waals surface area contributed by atoms with Crippen LogP contribution in [0.2, 0.25) is 0 Å². The lowest BCUT2D eigenvalue weighted by Crippen LogP contribution is -2.46. The van der Waals surface area contributed by atoms with Crippen LogP contribution in [-0.4, -0.2) is 33.3 Å². The second-order valence-electron chi connectivity index (χ2n) is 7.08. The predicted octanol–water partition coefficient (Wildman–Crippen LogP) is 2.95. The Balaban J connectivity index is 2.20. The number of ether oxygens (including phenoxy) is 1. The summed E-state index contributed by atoms with van der Waals surface area (Å²) < 4.78 is 7.05.